The average molecular weight is 369 g/mol. The molecule has 6 N–H and O–H groups in total. The van der Waals surface area contributed by atoms with Gasteiger partial charge in [0.2, 0.25) is 0 Å². The summed E-state index contributed by atoms with van der Waals surface area (Å²) in [7, 11) is -14.0. The standard InChI is InChI=1S/As.3H2O4S/c;3*1-5(2,3)4/h;3*(H2,1,2,3,4). The topological polar surface area (TPSA) is 224 Å². The van der Waals surface area contributed by atoms with Crippen LogP contribution < -0.4 is 0 Å². The number of hydrogen-bond donors (Lipinski definition) is 6. The Hall–Kier alpha value is 0.168. The Balaban J connectivity index is -0.0000000655. The van der Waals surface area contributed by atoms with E-state index in [1.807, 2.05) is 0 Å². The maximum absolute atomic E-state index is 8.74. The van der Waals surface area contributed by atoms with E-state index in [9.17, 15) is 0 Å². The zero-order valence-corrected chi connectivity index (χ0v) is 11.1. The predicted octanol–water partition coefficient (Wildman–Crippen LogP) is -2.34. The third kappa shape index (κ3) is 86600. The van der Waals surface area contributed by atoms with Crippen LogP contribution in [0.15, 0.2) is 0 Å². The molecule has 101 valence electrons. The average Bonchev–Trinajstić information content (AvgIpc) is 1.41. The molecule has 0 aromatic carbocycles. The van der Waals surface area contributed by atoms with Crippen LogP contribution in [0.25, 0.3) is 0 Å². The van der Waals surface area contributed by atoms with Gasteiger partial charge in [0.1, 0.15) is 0 Å². The molecule has 0 bridgehead atoms. The van der Waals surface area contributed by atoms with Crippen LogP contribution in [0.1, 0.15) is 0 Å². The van der Waals surface area contributed by atoms with Crippen molar-refractivity contribution in [2.45, 2.75) is 0 Å². The minimum Gasteiger partial charge on any atom is -0.264 e. The molecule has 0 spiro atoms. The fourth-order valence-corrected chi connectivity index (χ4v) is 0. The zero-order chi connectivity index (χ0) is 13.5. The molecular weight excluding hydrogens is 363 g/mol. The van der Waals surface area contributed by atoms with Gasteiger partial charge in [0.05, 0.1) is 0 Å². The van der Waals surface area contributed by atoms with Crippen LogP contribution >= 0.6 is 0 Å². The van der Waals surface area contributed by atoms with Crippen molar-refractivity contribution in [1.29, 1.82) is 0 Å². The first-order chi connectivity index (χ1) is 6.00. The van der Waals surface area contributed by atoms with Crippen molar-refractivity contribution in [2.24, 2.45) is 0 Å². The van der Waals surface area contributed by atoms with Gasteiger partial charge in [-0.3, -0.25) is 27.3 Å². The molecular formula is H6AsO12S3. The predicted molar refractivity (Wildman–Crippen MR) is 48.3 cm³/mol. The Bertz CT molecular complexity index is 337. The van der Waals surface area contributed by atoms with Gasteiger partial charge in [-0.15, -0.1) is 0 Å². The van der Waals surface area contributed by atoms with Crippen molar-refractivity contribution >= 4 is 49.2 Å². The summed E-state index contributed by atoms with van der Waals surface area (Å²) in [5.41, 5.74) is 0. The van der Waals surface area contributed by atoms with Crippen molar-refractivity contribution in [3.05, 3.63) is 0 Å². The monoisotopic (exact) mass is 369 g/mol. The van der Waals surface area contributed by atoms with Crippen molar-refractivity contribution in [2.75, 3.05) is 0 Å². The SMILES string of the molecule is O=S(=O)(O)O.O=S(=O)(O)O.O=S(=O)(O)O.[As]. The molecule has 0 aliphatic carbocycles. The zero-order valence-electron chi connectivity index (χ0n) is 6.80. The van der Waals surface area contributed by atoms with E-state index in [-0.39, 0.29) is 18.0 Å². The molecule has 0 fully saturated rings. The van der Waals surface area contributed by atoms with Gasteiger partial charge in [0.15, 0.2) is 0 Å². The second-order valence-corrected chi connectivity index (χ2v) is 4.03. The van der Waals surface area contributed by atoms with Gasteiger partial charge >= 0.3 is 31.2 Å². The Labute approximate surface area is 102 Å². The summed E-state index contributed by atoms with van der Waals surface area (Å²) in [5.74, 6) is 0. The molecule has 12 nitrogen and oxygen atoms in total. The minimum absolute atomic E-state index is 0. The summed E-state index contributed by atoms with van der Waals surface area (Å²) in [6.45, 7) is 0. The van der Waals surface area contributed by atoms with Gasteiger partial charge in [-0.2, -0.15) is 25.3 Å². The van der Waals surface area contributed by atoms with Gasteiger partial charge in [-0.05, 0) is 0 Å². The van der Waals surface area contributed by atoms with Gasteiger partial charge in [-0.1, -0.05) is 0 Å². The van der Waals surface area contributed by atoms with E-state index in [0.29, 0.717) is 0 Å². The fourth-order valence-electron chi connectivity index (χ4n) is 0. The second kappa shape index (κ2) is 9.22. The van der Waals surface area contributed by atoms with Crippen LogP contribution in [-0.2, 0) is 31.2 Å². The van der Waals surface area contributed by atoms with E-state index in [1.54, 1.807) is 0 Å². The van der Waals surface area contributed by atoms with Crippen LogP contribution in [-0.4, -0.2) is 70.5 Å². The summed E-state index contributed by atoms with van der Waals surface area (Å²) >= 11 is 0. The third-order valence-electron chi connectivity index (χ3n) is 0. The van der Waals surface area contributed by atoms with Crippen LogP contribution in [0, 0.1) is 0 Å². The first kappa shape index (κ1) is 25.1. The van der Waals surface area contributed by atoms with Gasteiger partial charge < -0.3 is 0 Å². The molecule has 0 amide bonds. The number of rotatable bonds is 0. The molecule has 3 radical (unpaired) electrons. The maximum Gasteiger partial charge on any atom is 0.394 e. The van der Waals surface area contributed by atoms with E-state index in [2.05, 4.69) is 0 Å². The van der Waals surface area contributed by atoms with E-state index in [4.69, 9.17) is 52.6 Å². The molecule has 16 heteroatoms. The molecule has 0 unspecified atom stereocenters. The summed E-state index contributed by atoms with van der Waals surface area (Å²) in [6, 6.07) is 0. The first-order valence-electron chi connectivity index (χ1n) is 2.10. The molecule has 0 aromatic heterocycles. The fraction of sp³-hybridized carbons (Fsp3) is 0. The first-order valence-corrected chi connectivity index (χ1v) is 6.29. The summed E-state index contributed by atoms with van der Waals surface area (Å²) in [4.78, 5) is 0. The molecule has 16 heavy (non-hydrogen) atoms. The van der Waals surface area contributed by atoms with Crippen molar-refractivity contribution in [1.82, 2.24) is 0 Å². The Morgan fingerprint density at radius 1 is 0.438 bits per heavy atom. The van der Waals surface area contributed by atoms with Gasteiger partial charge in [0.25, 0.3) is 0 Å². The third-order valence-corrected chi connectivity index (χ3v) is 0. The van der Waals surface area contributed by atoms with E-state index in [0.717, 1.165) is 0 Å². The molecule has 0 rings (SSSR count). The van der Waals surface area contributed by atoms with Crippen molar-refractivity contribution in [3.63, 3.8) is 0 Å². The van der Waals surface area contributed by atoms with Crippen LogP contribution in [0.2, 0.25) is 0 Å². The molecule has 0 atom stereocenters. The largest absolute Gasteiger partial charge is 0.394 e. The van der Waals surface area contributed by atoms with Crippen LogP contribution in [0.5, 0.6) is 0 Å². The Morgan fingerprint density at radius 2 is 0.438 bits per heavy atom. The Kier molecular flexibility index (Phi) is 14.5. The minimum atomic E-state index is -4.67. The smallest absolute Gasteiger partial charge is 0.264 e. The number of hydrogen-bond acceptors (Lipinski definition) is 6. The van der Waals surface area contributed by atoms with Crippen molar-refractivity contribution < 1.29 is 52.6 Å². The van der Waals surface area contributed by atoms with E-state index < -0.39 is 31.2 Å². The summed E-state index contributed by atoms with van der Waals surface area (Å²) < 4.78 is 94.8. The molecule has 0 aliphatic heterocycles. The van der Waals surface area contributed by atoms with E-state index >= 15 is 0 Å². The maximum atomic E-state index is 8.74. The molecule has 0 saturated carbocycles. The Morgan fingerprint density at radius 3 is 0.438 bits per heavy atom. The summed E-state index contributed by atoms with van der Waals surface area (Å²) in [5, 5.41) is 0. The van der Waals surface area contributed by atoms with Crippen molar-refractivity contribution in [3.8, 4) is 0 Å². The second-order valence-electron chi connectivity index (χ2n) is 1.34. The van der Waals surface area contributed by atoms with Gasteiger partial charge in [-0.25, -0.2) is 0 Å². The molecule has 0 saturated heterocycles. The molecule has 0 aliphatic rings. The van der Waals surface area contributed by atoms with E-state index in [1.165, 1.54) is 0 Å². The summed E-state index contributed by atoms with van der Waals surface area (Å²) in [6.07, 6.45) is 0. The van der Waals surface area contributed by atoms with Gasteiger partial charge in [0, 0.05) is 18.0 Å². The molecule has 0 aromatic rings. The van der Waals surface area contributed by atoms with Crippen LogP contribution in [0.4, 0.5) is 0 Å². The van der Waals surface area contributed by atoms with Crippen LogP contribution in [0.3, 0.4) is 0 Å². The quantitative estimate of drug-likeness (QED) is 0.195. The molecule has 0 heterocycles. The normalized spacial score (nSPS) is 10.9.